The van der Waals surface area contributed by atoms with E-state index in [1.54, 1.807) is 18.5 Å². The lowest BCUT2D eigenvalue weighted by Gasteiger charge is -2.13. The van der Waals surface area contributed by atoms with E-state index in [1.165, 1.54) is 0 Å². The summed E-state index contributed by atoms with van der Waals surface area (Å²) in [6.45, 7) is 0. The van der Waals surface area contributed by atoms with Crippen LogP contribution >= 0.6 is 44.1 Å². The van der Waals surface area contributed by atoms with Gasteiger partial charge in [-0.25, -0.2) is 0 Å². The number of nitrogens with two attached hydrogens (primary N) is 1. The number of benzene rings is 1. The van der Waals surface area contributed by atoms with E-state index in [0.717, 1.165) is 25.9 Å². The Labute approximate surface area is 127 Å². The van der Waals surface area contributed by atoms with Crippen molar-refractivity contribution in [3.05, 3.63) is 51.2 Å². The van der Waals surface area contributed by atoms with Crippen molar-refractivity contribution in [2.75, 3.05) is 5.32 Å². The van der Waals surface area contributed by atoms with Gasteiger partial charge in [-0.05, 0) is 50.1 Å². The van der Waals surface area contributed by atoms with Crippen molar-refractivity contribution in [2.45, 2.75) is 0 Å². The Balaban J connectivity index is 2.43. The largest absolute Gasteiger partial charge is 0.389 e. The number of anilines is 2. The second kappa shape index (κ2) is 5.77. The summed E-state index contributed by atoms with van der Waals surface area (Å²) in [4.78, 5) is 4.41. The monoisotopic (exact) mass is 385 g/mol. The van der Waals surface area contributed by atoms with Gasteiger partial charge in [-0.1, -0.05) is 18.3 Å². The van der Waals surface area contributed by atoms with Crippen molar-refractivity contribution in [1.29, 1.82) is 0 Å². The molecule has 18 heavy (non-hydrogen) atoms. The van der Waals surface area contributed by atoms with Crippen LogP contribution in [-0.2, 0) is 0 Å². The molecule has 0 fully saturated rings. The van der Waals surface area contributed by atoms with E-state index in [9.17, 15) is 0 Å². The first kappa shape index (κ1) is 13.5. The summed E-state index contributed by atoms with van der Waals surface area (Å²) in [5.74, 6) is 0. The van der Waals surface area contributed by atoms with Crippen LogP contribution in [0.4, 0.5) is 11.4 Å². The molecule has 0 unspecified atom stereocenters. The van der Waals surface area contributed by atoms with Gasteiger partial charge in [-0.15, -0.1) is 0 Å². The normalized spacial score (nSPS) is 10.1. The van der Waals surface area contributed by atoms with Gasteiger partial charge in [0.1, 0.15) is 4.99 Å². The number of pyridine rings is 1. The number of hydrogen-bond donors (Lipinski definition) is 2. The second-order valence-corrected chi connectivity index (χ2v) is 5.66. The SMILES string of the molecule is NC(=S)c1ccncc1Nc1c(Br)cccc1Br. The summed E-state index contributed by atoms with van der Waals surface area (Å²) < 4.78 is 1.88. The highest BCUT2D eigenvalue weighted by molar-refractivity contribution is 9.11. The third kappa shape index (κ3) is 2.88. The molecule has 0 aliphatic heterocycles. The Bertz CT molecular complexity index is 581. The quantitative estimate of drug-likeness (QED) is 0.783. The molecule has 2 aromatic rings. The first-order valence-corrected chi connectivity index (χ1v) is 7.04. The molecule has 6 heteroatoms. The standard InChI is InChI=1S/C12H9Br2N3S/c13-8-2-1-3-9(14)11(8)17-10-6-16-5-4-7(10)12(15)18/h1-6,17H,(H2,15,18). The Hall–Kier alpha value is -0.980. The first-order valence-electron chi connectivity index (χ1n) is 5.04. The maximum Gasteiger partial charge on any atom is 0.106 e. The Morgan fingerprint density at radius 1 is 1.22 bits per heavy atom. The van der Waals surface area contributed by atoms with Crippen molar-refractivity contribution in [2.24, 2.45) is 5.73 Å². The number of halogens is 2. The van der Waals surface area contributed by atoms with Crippen LogP contribution in [0.15, 0.2) is 45.6 Å². The summed E-state index contributed by atoms with van der Waals surface area (Å²) in [7, 11) is 0. The van der Waals surface area contributed by atoms with Crippen LogP contribution in [0.1, 0.15) is 5.56 Å². The van der Waals surface area contributed by atoms with Crippen molar-refractivity contribution in [3.63, 3.8) is 0 Å². The summed E-state index contributed by atoms with van der Waals surface area (Å²) in [6.07, 6.45) is 3.36. The molecule has 0 atom stereocenters. The van der Waals surface area contributed by atoms with Crippen LogP contribution in [0, 0.1) is 0 Å². The van der Waals surface area contributed by atoms with Crippen molar-refractivity contribution >= 4 is 60.4 Å². The number of nitrogens with zero attached hydrogens (tertiary/aromatic N) is 1. The minimum Gasteiger partial charge on any atom is -0.389 e. The number of aromatic nitrogens is 1. The van der Waals surface area contributed by atoms with Gasteiger partial charge in [-0.3, -0.25) is 4.98 Å². The van der Waals surface area contributed by atoms with Gasteiger partial charge in [0.25, 0.3) is 0 Å². The number of hydrogen-bond acceptors (Lipinski definition) is 3. The molecule has 2 rings (SSSR count). The summed E-state index contributed by atoms with van der Waals surface area (Å²) in [6, 6.07) is 7.63. The van der Waals surface area contributed by atoms with Crippen LogP contribution in [0.25, 0.3) is 0 Å². The molecule has 0 saturated carbocycles. The van der Waals surface area contributed by atoms with E-state index < -0.39 is 0 Å². The molecule has 92 valence electrons. The molecule has 0 bridgehead atoms. The maximum absolute atomic E-state index is 5.68. The van der Waals surface area contributed by atoms with Gasteiger partial charge < -0.3 is 11.1 Å². The highest BCUT2D eigenvalue weighted by Gasteiger charge is 2.09. The molecule has 0 aliphatic rings. The first-order chi connectivity index (χ1) is 8.59. The van der Waals surface area contributed by atoms with Crippen LogP contribution in [-0.4, -0.2) is 9.97 Å². The van der Waals surface area contributed by atoms with Crippen LogP contribution in [0.2, 0.25) is 0 Å². The fourth-order valence-corrected chi connectivity index (χ4v) is 2.84. The average molecular weight is 387 g/mol. The number of thiocarbonyl (C=S) groups is 1. The molecule has 3 N–H and O–H groups in total. The molecule has 0 aliphatic carbocycles. The van der Waals surface area contributed by atoms with Gasteiger partial charge in [0.05, 0.1) is 17.6 Å². The zero-order chi connectivity index (χ0) is 13.1. The smallest absolute Gasteiger partial charge is 0.106 e. The molecule has 0 radical (unpaired) electrons. The molecule has 0 saturated heterocycles. The van der Waals surface area contributed by atoms with Crippen LogP contribution in [0.3, 0.4) is 0 Å². The van der Waals surface area contributed by atoms with E-state index in [-0.39, 0.29) is 0 Å². The minimum absolute atomic E-state index is 0.336. The molecule has 1 heterocycles. The lowest BCUT2D eigenvalue weighted by molar-refractivity contribution is 1.31. The van der Waals surface area contributed by atoms with Crippen molar-refractivity contribution in [3.8, 4) is 0 Å². The summed E-state index contributed by atoms with van der Waals surface area (Å²) in [5.41, 5.74) is 8.13. The zero-order valence-electron chi connectivity index (χ0n) is 9.15. The second-order valence-electron chi connectivity index (χ2n) is 3.51. The predicted molar refractivity (Wildman–Crippen MR) is 85.2 cm³/mol. The average Bonchev–Trinajstić information content (AvgIpc) is 2.34. The number of rotatable bonds is 3. The molecule has 1 aromatic heterocycles. The number of nitrogens with one attached hydrogen (secondary N) is 1. The maximum atomic E-state index is 5.68. The zero-order valence-corrected chi connectivity index (χ0v) is 13.1. The van der Waals surface area contributed by atoms with E-state index >= 15 is 0 Å². The van der Waals surface area contributed by atoms with Crippen LogP contribution < -0.4 is 11.1 Å². The molecule has 0 spiro atoms. The Kier molecular flexibility index (Phi) is 4.31. The van der Waals surface area contributed by atoms with Gasteiger partial charge in [0.2, 0.25) is 0 Å². The van der Waals surface area contributed by atoms with Gasteiger partial charge in [-0.2, -0.15) is 0 Å². The Morgan fingerprint density at radius 2 is 1.89 bits per heavy atom. The van der Waals surface area contributed by atoms with Crippen molar-refractivity contribution < 1.29 is 0 Å². The lowest BCUT2D eigenvalue weighted by Crippen LogP contribution is -2.12. The molecular weight excluding hydrogens is 378 g/mol. The van der Waals surface area contributed by atoms with Gasteiger partial charge >= 0.3 is 0 Å². The Morgan fingerprint density at radius 3 is 2.50 bits per heavy atom. The van der Waals surface area contributed by atoms with Crippen molar-refractivity contribution in [1.82, 2.24) is 4.98 Å². The van der Waals surface area contributed by atoms with E-state index in [1.807, 2.05) is 18.2 Å². The molecule has 3 nitrogen and oxygen atoms in total. The van der Waals surface area contributed by atoms with Crippen LogP contribution in [0.5, 0.6) is 0 Å². The highest BCUT2D eigenvalue weighted by atomic mass is 79.9. The third-order valence-corrected chi connectivity index (χ3v) is 3.85. The summed E-state index contributed by atoms with van der Waals surface area (Å²) >= 11 is 12.0. The van der Waals surface area contributed by atoms with Gasteiger partial charge in [0, 0.05) is 20.7 Å². The third-order valence-electron chi connectivity index (χ3n) is 2.31. The number of para-hydroxylation sites is 1. The minimum atomic E-state index is 0.336. The highest BCUT2D eigenvalue weighted by Crippen LogP contribution is 2.33. The van der Waals surface area contributed by atoms with E-state index in [0.29, 0.717) is 4.99 Å². The summed E-state index contributed by atoms with van der Waals surface area (Å²) in [5, 5.41) is 3.27. The fraction of sp³-hybridized carbons (Fsp3) is 0. The fourth-order valence-electron chi connectivity index (χ4n) is 1.46. The van der Waals surface area contributed by atoms with E-state index in [2.05, 4.69) is 42.2 Å². The molecular formula is C12H9Br2N3S. The van der Waals surface area contributed by atoms with Gasteiger partial charge in [0.15, 0.2) is 0 Å². The lowest BCUT2D eigenvalue weighted by atomic mass is 10.2. The van der Waals surface area contributed by atoms with E-state index in [4.69, 9.17) is 18.0 Å². The molecule has 0 amide bonds. The topological polar surface area (TPSA) is 50.9 Å². The molecule has 1 aromatic carbocycles. The predicted octanol–water partition coefficient (Wildman–Crippen LogP) is 3.98.